The van der Waals surface area contributed by atoms with Crippen LogP contribution in [-0.2, 0) is 28.1 Å². The molecule has 44 heavy (non-hydrogen) atoms. The second-order valence-electron chi connectivity index (χ2n) is 16.7. The van der Waals surface area contributed by atoms with E-state index in [-0.39, 0.29) is 21.7 Å². The molecule has 0 aliphatic carbocycles. The third kappa shape index (κ3) is 7.40. The maximum Gasteiger partial charge on any atom is 0.387 e. The van der Waals surface area contributed by atoms with E-state index in [1.54, 1.807) is 0 Å². The molecule has 3 aromatic carbocycles. The molecule has 0 spiro atoms. The minimum atomic E-state index is -1.71. The molecular formula is C39H55O4P. The summed E-state index contributed by atoms with van der Waals surface area (Å²) in [5, 5.41) is 12.3. The van der Waals surface area contributed by atoms with Crippen molar-refractivity contribution >= 4 is 30.2 Å². The lowest BCUT2D eigenvalue weighted by molar-refractivity contribution is 0.363. The molecule has 0 radical (unpaired) electrons. The normalized spacial score (nSPS) is 13.2. The molecule has 0 bridgehead atoms. The average molecular weight is 619 g/mol. The van der Waals surface area contributed by atoms with E-state index in [0.29, 0.717) is 12.4 Å². The molecule has 4 nitrogen and oxygen atoms in total. The monoisotopic (exact) mass is 618 g/mol. The summed E-state index contributed by atoms with van der Waals surface area (Å²) in [5.74, 6) is 0.375. The first kappa shape index (κ1) is 34.2. The Balaban J connectivity index is 1.99. The number of fused-ring (bicyclic) bond motifs is 3. The molecule has 0 fully saturated rings. The minimum Gasteiger partial charge on any atom is -0.507 e. The first-order valence-corrected chi connectivity index (χ1v) is 17.1. The van der Waals surface area contributed by atoms with Crippen LogP contribution in [0.3, 0.4) is 0 Å². The summed E-state index contributed by atoms with van der Waals surface area (Å²) >= 11 is 0. The van der Waals surface area contributed by atoms with Gasteiger partial charge in [-0.05, 0) is 88.3 Å². The van der Waals surface area contributed by atoms with Gasteiger partial charge in [-0.3, -0.25) is 4.52 Å². The number of rotatable bonds is 5. The lowest BCUT2D eigenvalue weighted by atomic mass is 9.77. The van der Waals surface area contributed by atoms with Crippen LogP contribution in [0.4, 0.5) is 0 Å². The Bertz CT molecular complexity index is 1600. The second kappa shape index (κ2) is 11.9. The summed E-state index contributed by atoms with van der Waals surface area (Å²) < 4.78 is 20.2. The zero-order valence-electron chi connectivity index (χ0n) is 29.7. The van der Waals surface area contributed by atoms with Crippen LogP contribution in [0.2, 0.25) is 0 Å². The number of hydrogen-bond acceptors (Lipinski definition) is 4. The van der Waals surface area contributed by atoms with E-state index < -0.39 is 8.24 Å². The van der Waals surface area contributed by atoms with E-state index in [9.17, 15) is 5.11 Å². The van der Waals surface area contributed by atoms with Crippen LogP contribution >= 0.6 is 8.24 Å². The Morgan fingerprint density at radius 3 is 1.39 bits per heavy atom. The van der Waals surface area contributed by atoms with Crippen LogP contribution in [0, 0.1) is 13.8 Å². The maximum atomic E-state index is 10.2. The zero-order valence-corrected chi connectivity index (χ0v) is 30.6. The standard InChI is InChI=1S/C39H55O4P/c1-24-18-26(19-25(2)33(24)40)16-15-17-41-44-42-34-29(20-27(36(3,4)5)22-31(34)38(9,10)11)30-21-28(37(6,7)8)23-32(35(30)43-44)39(12,13)14/h18-23,40H,15-17H2,1-14H3. The SMILES string of the molecule is Cc1cc(CCCOp2oc3c(C(C)(C)C)cc(C(C)(C)C)cc3c3cc(C(C)(C)C)cc(C(C)(C)C)c3o2)cc(C)c1O. The molecule has 1 N–H and O–H groups in total. The molecule has 5 heteroatoms. The Labute approximate surface area is 266 Å². The molecule has 0 unspecified atom stereocenters. The predicted molar refractivity (Wildman–Crippen MR) is 188 cm³/mol. The molecule has 4 rings (SSSR count). The van der Waals surface area contributed by atoms with Gasteiger partial charge < -0.3 is 13.5 Å². The Morgan fingerprint density at radius 2 is 1.02 bits per heavy atom. The average Bonchev–Trinajstić information content (AvgIpc) is 3.02. The lowest BCUT2D eigenvalue weighted by Crippen LogP contribution is -2.17. The van der Waals surface area contributed by atoms with Crippen LogP contribution in [0.25, 0.3) is 21.9 Å². The molecular weight excluding hydrogens is 563 g/mol. The van der Waals surface area contributed by atoms with Gasteiger partial charge in [0.25, 0.3) is 0 Å². The van der Waals surface area contributed by atoms with Crippen molar-refractivity contribution in [2.45, 2.75) is 131 Å². The van der Waals surface area contributed by atoms with Gasteiger partial charge in [0.05, 0.1) is 6.61 Å². The fourth-order valence-corrected chi connectivity index (χ4v) is 6.77. The number of hydrogen-bond donors (Lipinski definition) is 1. The highest BCUT2D eigenvalue weighted by molar-refractivity contribution is 7.31. The van der Waals surface area contributed by atoms with Gasteiger partial charge in [-0.1, -0.05) is 107 Å². The summed E-state index contributed by atoms with van der Waals surface area (Å²) in [7, 11) is -1.71. The molecule has 0 atom stereocenters. The maximum absolute atomic E-state index is 10.2. The smallest absolute Gasteiger partial charge is 0.387 e. The van der Waals surface area contributed by atoms with Crippen LogP contribution in [0.1, 0.15) is 128 Å². The Hall–Kier alpha value is -2.68. The van der Waals surface area contributed by atoms with Crippen LogP contribution < -0.4 is 4.52 Å². The summed E-state index contributed by atoms with van der Waals surface area (Å²) in [5.41, 5.74) is 9.25. The molecule has 0 saturated heterocycles. The summed E-state index contributed by atoms with van der Waals surface area (Å²) in [6.45, 7) is 31.6. The highest BCUT2D eigenvalue weighted by Gasteiger charge is 2.28. The highest BCUT2D eigenvalue weighted by Crippen LogP contribution is 2.45. The van der Waals surface area contributed by atoms with Crippen molar-refractivity contribution in [3.63, 3.8) is 0 Å². The third-order valence-electron chi connectivity index (χ3n) is 8.51. The zero-order chi connectivity index (χ0) is 33.0. The van der Waals surface area contributed by atoms with Crippen LogP contribution in [-0.4, -0.2) is 11.7 Å². The van der Waals surface area contributed by atoms with Crippen molar-refractivity contribution in [2.75, 3.05) is 6.61 Å². The fraction of sp³-hybridized carbons (Fsp3) is 0.538. The first-order chi connectivity index (χ1) is 20.1. The summed E-state index contributed by atoms with van der Waals surface area (Å²) in [6, 6.07) is 13.4. The van der Waals surface area contributed by atoms with Gasteiger partial charge in [0.1, 0.15) is 16.9 Å². The largest absolute Gasteiger partial charge is 0.507 e. The third-order valence-corrected chi connectivity index (χ3v) is 9.56. The molecule has 4 aromatic rings. The molecule has 1 aromatic heterocycles. The lowest BCUT2D eigenvalue weighted by Gasteiger charge is -2.27. The summed E-state index contributed by atoms with van der Waals surface area (Å²) in [6.07, 6.45) is 1.67. The van der Waals surface area contributed by atoms with Crippen molar-refractivity contribution < 1.29 is 18.0 Å². The van der Waals surface area contributed by atoms with Crippen molar-refractivity contribution in [3.8, 4) is 5.75 Å². The Morgan fingerprint density at radius 1 is 0.614 bits per heavy atom. The number of benzene rings is 3. The van der Waals surface area contributed by atoms with E-state index in [0.717, 1.165) is 45.9 Å². The highest BCUT2D eigenvalue weighted by atomic mass is 31.1. The molecule has 0 aliphatic rings. The van der Waals surface area contributed by atoms with Crippen molar-refractivity contribution in [1.82, 2.24) is 0 Å². The van der Waals surface area contributed by atoms with Crippen molar-refractivity contribution in [1.29, 1.82) is 0 Å². The summed E-state index contributed by atoms with van der Waals surface area (Å²) in [4.78, 5) is 0. The molecule has 1 heterocycles. The van der Waals surface area contributed by atoms with Crippen LogP contribution in [0.15, 0.2) is 44.8 Å². The van der Waals surface area contributed by atoms with E-state index in [4.69, 9.17) is 12.9 Å². The second-order valence-corrected chi connectivity index (χ2v) is 17.8. The first-order valence-electron chi connectivity index (χ1n) is 16.0. The Kier molecular flexibility index (Phi) is 9.26. The van der Waals surface area contributed by atoms with Crippen molar-refractivity contribution in [3.05, 3.63) is 75.3 Å². The van der Waals surface area contributed by atoms with E-state index in [1.807, 2.05) is 13.8 Å². The van der Waals surface area contributed by atoms with Crippen molar-refractivity contribution in [2.24, 2.45) is 0 Å². The van der Waals surface area contributed by atoms with Gasteiger partial charge >= 0.3 is 8.24 Å². The minimum absolute atomic E-state index is 0.0387. The number of phenols is 1. The van der Waals surface area contributed by atoms with Gasteiger partial charge in [-0.25, -0.2) is 0 Å². The van der Waals surface area contributed by atoms with Crippen LogP contribution in [0.5, 0.6) is 5.75 Å². The van der Waals surface area contributed by atoms with E-state index in [1.165, 1.54) is 27.8 Å². The van der Waals surface area contributed by atoms with E-state index >= 15 is 0 Å². The van der Waals surface area contributed by atoms with Gasteiger partial charge in [0.2, 0.25) is 0 Å². The van der Waals surface area contributed by atoms with E-state index in [2.05, 4.69) is 119 Å². The van der Waals surface area contributed by atoms with Gasteiger partial charge in [-0.15, -0.1) is 0 Å². The van der Waals surface area contributed by atoms with Gasteiger partial charge in [-0.2, -0.15) is 0 Å². The van der Waals surface area contributed by atoms with Gasteiger partial charge in [0, 0.05) is 21.9 Å². The molecule has 0 saturated carbocycles. The predicted octanol–water partition coefficient (Wildman–Crippen LogP) is 11.9. The topological polar surface area (TPSA) is 55.7 Å². The number of aromatic hydroxyl groups is 1. The quantitative estimate of drug-likeness (QED) is 0.226. The van der Waals surface area contributed by atoms with Gasteiger partial charge in [0.15, 0.2) is 0 Å². The number of phenolic OH excluding ortho intramolecular Hbond substituents is 1. The number of aryl methyl sites for hydroxylation is 3. The fourth-order valence-electron chi connectivity index (χ4n) is 5.66. The molecule has 0 amide bonds. The molecule has 240 valence electrons. The molecule has 0 aliphatic heterocycles.